The molecule has 2 nitrogen and oxygen atoms in total. The van der Waals surface area contributed by atoms with Crippen molar-refractivity contribution >= 4 is 17.4 Å². The summed E-state index contributed by atoms with van der Waals surface area (Å²) in [5.74, 6) is -0.517. The second-order valence-corrected chi connectivity index (χ2v) is 4.35. The van der Waals surface area contributed by atoms with E-state index in [9.17, 15) is 9.18 Å². The number of benzene rings is 1. The van der Waals surface area contributed by atoms with E-state index in [1.807, 2.05) is 6.92 Å². The third-order valence-corrected chi connectivity index (χ3v) is 2.59. The summed E-state index contributed by atoms with van der Waals surface area (Å²) in [5.41, 5.74) is 5.89. The number of ketones is 1. The Morgan fingerprint density at radius 2 is 2.25 bits per heavy atom. The lowest BCUT2D eigenvalue weighted by molar-refractivity contribution is -0.118. The van der Waals surface area contributed by atoms with Crippen LogP contribution in [0.25, 0.3) is 0 Å². The Hall–Kier alpha value is -0.930. The van der Waals surface area contributed by atoms with E-state index in [0.29, 0.717) is 18.4 Å². The molecule has 0 saturated heterocycles. The van der Waals surface area contributed by atoms with Crippen LogP contribution in [-0.4, -0.2) is 11.8 Å². The number of carbonyl (C=O) groups excluding carboxylic acids is 1. The number of carbonyl (C=O) groups is 1. The average molecular weight is 244 g/mol. The fraction of sp³-hybridized carbons (Fsp3) is 0.417. The van der Waals surface area contributed by atoms with Gasteiger partial charge in [-0.3, -0.25) is 4.79 Å². The van der Waals surface area contributed by atoms with Crippen molar-refractivity contribution in [3.63, 3.8) is 0 Å². The molecular formula is C12H15ClFNO. The lowest BCUT2D eigenvalue weighted by Crippen LogP contribution is -2.17. The maximum Gasteiger partial charge on any atom is 0.145 e. The molecule has 0 fully saturated rings. The maximum absolute atomic E-state index is 13.5. The average Bonchev–Trinajstić information content (AvgIpc) is 2.22. The highest BCUT2D eigenvalue weighted by atomic mass is 35.5. The minimum Gasteiger partial charge on any atom is -0.328 e. The Bertz CT molecular complexity index is 379. The molecule has 16 heavy (non-hydrogen) atoms. The largest absolute Gasteiger partial charge is 0.328 e. The summed E-state index contributed by atoms with van der Waals surface area (Å²) in [6.45, 7) is 1.84. The van der Waals surface area contributed by atoms with E-state index in [4.69, 9.17) is 17.3 Å². The lowest BCUT2D eigenvalue weighted by atomic mass is 10.0. The predicted molar refractivity (Wildman–Crippen MR) is 63.0 cm³/mol. The van der Waals surface area contributed by atoms with Crippen molar-refractivity contribution in [3.8, 4) is 0 Å². The highest BCUT2D eigenvalue weighted by Crippen LogP contribution is 2.18. The van der Waals surface area contributed by atoms with E-state index in [1.54, 1.807) is 12.1 Å². The van der Waals surface area contributed by atoms with Gasteiger partial charge in [-0.05, 0) is 25.0 Å². The first-order valence-electron chi connectivity index (χ1n) is 5.21. The highest BCUT2D eigenvalue weighted by Gasteiger charge is 2.11. The zero-order chi connectivity index (χ0) is 12.1. The van der Waals surface area contributed by atoms with Crippen LogP contribution in [0.15, 0.2) is 18.2 Å². The van der Waals surface area contributed by atoms with Gasteiger partial charge >= 0.3 is 0 Å². The van der Waals surface area contributed by atoms with Crippen LogP contribution < -0.4 is 5.73 Å². The summed E-state index contributed by atoms with van der Waals surface area (Å²) in [4.78, 5) is 11.5. The summed E-state index contributed by atoms with van der Waals surface area (Å²) in [6, 6.07) is 4.67. The molecule has 1 unspecified atom stereocenters. The molecule has 0 aliphatic heterocycles. The molecule has 0 heterocycles. The Morgan fingerprint density at radius 1 is 1.56 bits per heavy atom. The van der Waals surface area contributed by atoms with Gasteiger partial charge in [0.15, 0.2) is 0 Å². The van der Waals surface area contributed by atoms with Gasteiger partial charge in [0.05, 0.1) is 5.02 Å². The summed E-state index contributed by atoms with van der Waals surface area (Å²) >= 11 is 5.62. The number of Topliss-reactive ketones (excluding diaryl/α,β-unsaturated/α-hetero) is 1. The predicted octanol–water partition coefficient (Wildman–Crippen LogP) is 2.72. The molecule has 0 aliphatic carbocycles. The standard InChI is InChI=1S/C12H15ClFNO/c1-8(15)5-6-10(16)7-9-3-2-4-11(13)12(9)14/h2-4,8H,5-7,15H2,1H3. The first-order chi connectivity index (χ1) is 7.50. The molecule has 1 aromatic rings. The smallest absolute Gasteiger partial charge is 0.145 e. The summed E-state index contributed by atoms with van der Waals surface area (Å²) in [6.07, 6.45) is 1.09. The lowest BCUT2D eigenvalue weighted by Gasteiger charge is -2.05. The van der Waals surface area contributed by atoms with Crippen LogP contribution >= 0.6 is 11.6 Å². The molecule has 1 rings (SSSR count). The summed E-state index contributed by atoms with van der Waals surface area (Å²) < 4.78 is 13.5. The van der Waals surface area contributed by atoms with Gasteiger partial charge in [0.1, 0.15) is 11.6 Å². The van der Waals surface area contributed by atoms with E-state index >= 15 is 0 Å². The normalized spacial score (nSPS) is 12.5. The molecule has 0 amide bonds. The van der Waals surface area contributed by atoms with Crippen LogP contribution in [0.5, 0.6) is 0 Å². The number of hydrogen-bond acceptors (Lipinski definition) is 2. The van der Waals surface area contributed by atoms with Crippen molar-refractivity contribution in [2.75, 3.05) is 0 Å². The molecule has 0 aromatic heterocycles. The van der Waals surface area contributed by atoms with E-state index in [2.05, 4.69) is 0 Å². The van der Waals surface area contributed by atoms with Gasteiger partial charge in [-0.1, -0.05) is 23.7 Å². The SMILES string of the molecule is CC(N)CCC(=O)Cc1cccc(Cl)c1F. The third-order valence-electron chi connectivity index (χ3n) is 2.30. The number of nitrogens with two attached hydrogens (primary N) is 1. The van der Waals surface area contributed by atoms with Crippen LogP contribution in [-0.2, 0) is 11.2 Å². The maximum atomic E-state index is 13.5. The molecule has 2 N–H and O–H groups in total. The third kappa shape index (κ3) is 3.91. The Kier molecular flexibility index (Phi) is 4.90. The first kappa shape index (κ1) is 13.1. The van der Waals surface area contributed by atoms with Crippen molar-refractivity contribution in [3.05, 3.63) is 34.6 Å². The topological polar surface area (TPSA) is 43.1 Å². The van der Waals surface area contributed by atoms with Crippen LogP contribution in [0.1, 0.15) is 25.3 Å². The second-order valence-electron chi connectivity index (χ2n) is 3.94. The van der Waals surface area contributed by atoms with Gasteiger partial charge in [0, 0.05) is 18.9 Å². The van der Waals surface area contributed by atoms with Gasteiger partial charge in [-0.15, -0.1) is 0 Å². The molecule has 0 saturated carbocycles. The van der Waals surface area contributed by atoms with E-state index in [-0.39, 0.29) is 23.3 Å². The number of halogens is 2. The zero-order valence-corrected chi connectivity index (χ0v) is 9.93. The van der Waals surface area contributed by atoms with Crippen molar-refractivity contribution in [1.82, 2.24) is 0 Å². The van der Waals surface area contributed by atoms with Gasteiger partial charge in [-0.2, -0.15) is 0 Å². The number of hydrogen-bond donors (Lipinski definition) is 1. The first-order valence-corrected chi connectivity index (χ1v) is 5.58. The van der Waals surface area contributed by atoms with E-state index in [0.717, 1.165) is 0 Å². The summed E-state index contributed by atoms with van der Waals surface area (Å²) in [5, 5.41) is 0.0532. The second kappa shape index (κ2) is 5.97. The molecule has 4 heteroatoms. The fourth-order valence-corrected chi connectivity index (χ4v) is 1.57. The van der Waals surface area contributed by atoms with Crippen LogP contribution in [0.3, 0.4) is 0 Å². The van der Waals surface area contributed by atoms with Crippen LogP contribution in [0.4, 0.5) is 4.39 Å². The Morgan fingerprint density at radius 3 is 2.88 bits per heavy atom. The number of rotatable bonds is 5. The van der Waals surface area contributed by atoms with Gasteiger partial charge in [0.25, 0.3) is 0 Å². The van der Waals surface area contributed by atoms with Gasteiger partial charge in [0.2, 0.25) is 0 Å². The summed E-state index contributed by atoms with van der Waals surface area (Å²) in [7, 11) is 0. The zero-order valence-electron chi connectivity index (χ0n) is 9.17. The van der Waals surface area contributed by atoms with Crippen molar-refractivity contribution in [2.24, 2.45) is 5.73 Å². The van der Waals surface area contributed by atoms with Crippen molar-refractivity contribution in [1.29, 1.82) is 0 Å². The molecule has 0 radical (unpaired) electrons. The van der Waals surface area contributed by atoms with E-state index in [1.165, 1.54) is 6.07 Å². The molecule has 0 spiro atoms. The monoisotopic (exact) mass is 243 g/mol. The quantitative estimate of drug-likeness (QED) is 0.864. The molecule has 88 valence electrons. The minimum absolute atomic E-state index is 0.00633. The Labute approximate surface area is 99.6 Å². The molecular weight excluding hydrogens is 229 g/mol. The van der Waals surface area contributed by atoms with Crippen LogP contribution in [0.2, 0.25) is 5.02 Å². The van der Waals surface area contributed by atoms with Crippen LogP contribution in [0, 0.1) is 5.82 Å². The van der Waals surface area contributed by atoms with Crippen molar-refractivity contribution in [2.45, 2.75) is 32.2 Å². The Balaban J connectivity index is 2.59. The fourth-order valence-electron chi connectivity index (χ4n) is 1.37. The molecule has 1 atom stereocenters. The van der Waals surface area contributed by atoms with Crippen molar-refractivity contribution < 1.29 is 9.18 Å². The highest BCUT2D eigenvalue weighted by molar-refractivity contribution is 6.30. The van der Waals surface area contributed by atoms with Gasteiger partial charge < -0.3 is 5.73 Å². The molecule has 0 bridgehead atoms. The molecule has 0 aliphatic rings. The van der Waals surface area contributed by atoms with E-state index < -0.39 is 5.82 Å². The molecule has 1 aromatic carbocycles. The van der Waals surface area contributed by atoms with Gasteiger partial charge in [-0.25, -0.2) is 4.39 Å². The minimum atomic E-state index is -0.502.